The van der Waals surface area contributed by atoms with Crippen LogP contribution in [-0.2, 0) is 11.3 Å². The molecule has 0 amide bonds. The van der Waals surface area contributed by atoms with E-state index in [1.54, 1.807) is 0 Å². The van der Waals surface area contributed by atoms with Gasteiger partial charge in [-0.05, 0) is 0 Å². The molecule has 1 aromatic carbocycles. The van der Waals surface area contributed by atoms with E-state index in [0.717, 1.165) is 7.11 Å². The largest absolute Gasteiger partial charge is 0.477 e. The third-order valence-electron chi connectivity index (χ3n) is 1.86. The van der Waals surface area contributed by atoms with Crippen molar-refractivity contribution in [2.75, 3.05) is 7.11 Å². The minimum atomic E-state index is -2.09. The molecular formula is C9H6F4O3. The Balaban J connectivity index is 3.56. The van der Waals surface area contributed by atoms with Crippen molar-refractivity contribution in [3.05, 3.63) is 34.4 Å². The second-order valence-electron chi connectivity index (χ2n) is 2.85. The zero-order valence-electron chi connectivity index (χ0n) is 7.98. The van der Waals surface area contributed by atoms with Gasteiger partial charge in [-0.15, -0.1) is 0 Å². The number of ether oxygens (including phenoxy) is 1. The molecule has 1 N–H and O–H groups in total. The molecule has 0 spiro atoms. The summed E-state index contributed by atoms with van der Waals surface area (Å²) in [6.45, 7) is -0.703. The fourth-order valence-corrected chi connectivity index (χ4v) is 1.14. The molecular weight excluding hydrogens is 232 g/mol. The standard InChI is InChI=1S/C9H6F4O3/c1-16-2-3-5(10)7(12)4(9(14)15)8(13)6(3)11/h2H2,1H3,(H,14,15). The molecule has 7 heteroatoms. The van der Waals surface area contributed by atoms with E-state index in [1.165, 1.54) is 0 Å². The quantitative estimate of drug-likeness (QED) is 0.647. The topological polar surface area (TPSA) is 46.5 Å². The van der Waals surface area contributed by atoms with Gasteiger partial charge in [0.05, 0.1) is 12.2 Å². The van der Waals surface area contributed by atoms with Crippen molar-refractivity contribution in [2.24, 2.45) is 0 Å². The Morgan fingerprint density at radius 3 is 1.88 bits per heavy atom. The molecule has 88 valence electrons. The molecule has 0 aliphatic heterocycles. The predicted molar refractivity (Wildman–Crippen MR) is 43.9 cm³/mol. The number of methoxy groups -OCH3 is 1. The van der Waals surface area contributed by atoms with Gasteiger partial charge in [0.15, 0.2) is 23.3 Å². The number of carboxylic acids is 1. The van der Waals surface area contributed by atoms with Crippen molar-refractivity contribution in [1.82, 2.24) is 0 Å². The molecule has 0 bridgehead atoms. The van der Waals surface area contributed by atoms with Crippen molar-refractivity contribution in [3.63, 3.8) is 0 Å². The molecule has 0 aromatic heterocycles. The van der Waals surface area contributed by atoms with E-state index in [1.807, 2.05) is 0 Å². The SMILES string of the molecule is COCc1c(F)c(F)c(C(=O)O)c(F)c1F. The van der Waals surface area contributed by atoms with Crippen LogP contribution in [0.1, 0.15) is 15.9 Å². The average molecular weight is 238 g/mol. The Hall–Kier alpha value is -1.63. The lowest BCUT2D eigenvalue weighted by Gasteiger charge is -2.08. The molecule has 3 nitrogen and oxygen atoms in total. The van der Waals surface area contributed by atoms with Crippen LogP contribution in [0.4, 0.5) is 17.6 Å². The van der Waals surface area contributed by atoms with Crippen molar-refractivity contribution < 1.29 is 32.2 Å². The summed E-state index contributed by atoms with van der Waals surface area (Å²) in [5.74, 6) is -9.51. The maximum atomic E-state index is 13.1. The molecule has 0 saturated heterocycles. The number of halogens is 4. The monoisotopic (exact) mass is 238 g/mol. The Labute approximate surface area is 87.3 Å². The average Bonchev–Trinajstić information content (AvgIpc) is 2.21. The van der Waals surface area contributed by atoms with Gasteiger partial charge in [-0.25, -0.2) is 22.4 Å². The van der Waals surface area contributed by atoms with Gasteiger partial charge in [0, 0.05) is 7.11 Å². The Kier molecular flexibility index (Phi) is 3.48. The van der Waals surface area contributed by atoms with Crippen LogP contribution < -0.4 is 0 Å². The highest BCUT2D eigenvalue weighted by molar-refractivity contribution is 5.88. The first-order chi connectivity index (χ1) is 7.41. The van der Waals surface area contributed by atoms with Crippen LogP contribution in [0.15, 0.2) is 0 Å². The van der Waals surface area contributed by atoms with Gasteiger partial charge >= 0.3 is 5.97 Å². The van der Waals surface area contributed by atoms with Crippen LogP contribution in [0.3, 0.4) is 0 Å². The molecule has 0 unspecified atom stereocenters. The second kappa shape index (κ2) is 4.48. The molecule has 0 heterocycles. The van der Waals surface area contributed by atoms with Gasteiger partial charge in [-0.2, -0.15) is 0 Å². The van der Waals surface area contributed by atoms with Gasteiger partial charge in [-0.1, -0.05) is 0 Å². The van der Waals surface area contributed by atoms with E-state index in [-0.39, 0.29) is 0 Å². The van der Waals surface area contributed by atoms with Crippen molar-refractivity contribution in [2.45, 2.75) is 6.61 Å². The van der Waals surface area contributed by atoms with E-state index in [4.69, 9.17) is 5.11 Å². The zero-order chi connectivity index (χ0) is 12.5. The van der Waals surface area contributed by atoms with Gasteiger partial charge < -0.3 is 9.84 Å². The minimum absolute atomic E-state index is 0.703. The first-order valence-corrected chi connectivity index (χ1v) is 3.98. The van der Waals surface area contributed by atoms with Crippen LogP contribution in [0.5, 0.6) is 0 Å². The smallest absolute Gasteiger partial charge is 0.341 e. The lowest BCUT2D eigenvalue weighted by molar-refractivity contribution is 0.0682. The highest BCUT2D eigenvalue weighted by Gasteiger charge is 2.28. The molecule has 0 aliphatic carbocycles. The summed E-state index contributed by atoms with van der Waals surface area (Å²) in [6, 6.07) is 0. The maximum Gasteiger partial charge on any atom is 0.341 e. The third kappa shape index (κ3) is 1.85. The summed E-state index contributed by atoms with van der Waals surface area (Å²) >= 11 is 0. The molecule has 0 fully saturated rings. The fraction of sp³-hybridized carbons (Fsp3) is 0.222. The van der Waals surface area contributed by atoms with E-state index in [9.17, 15) is 22.4 Å². The number of benzene rings is 1. The fourth-order valence-electron chi connectivity index (χ4n) is 1.14. The molecule has 1 rings (SSSR count). The number of carbonyl (C=O) groups is 1. The van der Waals surface area contributed by atoms with Gasteiger partial charge in [0.1, 0.15) is 5.56 Å². The van der Waals surface area contributed by atoms with E-state index in [2.05, 4.69) is 4.74 Å². The first kappa shape index (κ1) is 12.4. The van der Waals surface area contributed by atoms with Crippen LogP contribution in [-0.4, -0.2) is 18.2 Å². The van der Waals surface area contributed by atoms with Gasteiger partial charge in [0.2, 0.25) is 0 Å². The number of aromatic carboxylic acids is 1. The summed E-state index contributed by atoms with van der Waals surface area (Å²) in [6.07, 6.45) is 0. The summed E-state index contributed by atoms with van der Waals surface area (Å²) in [5.41, 5.74) is -2.64. The lowest BCUT2D eigenvalue weighted by Crippen LogP contribution is -2.13. The highest BCUT2D eigenvalue weighted by Crippen LogP contribution is 2.24. The van der Waals surface area contributed by atoms with Gasteiger partial charge in [-0.3, -0.25) is 0 Å². The molecule has 1 aromatic rings. The lowest BCUT2D eigenvalue weighted by atomic mass is 10.1. The Morgan fingerprint density at radius 1 is 1.12 bits per heavy atom. The highest BCUT2D eigenvalue weighted by atomic mass is 19.2. The third-order valence-corrected chi connectivity index (χ3v) is 1.86. The number of rotatable bonds is 3. The summed E-state index contributed by atoms with van der Waals surface area (Å²) < 4.78 is 56.7. The number of hydrogen-bond donors (Lipinski definition) is 1. The molecule has 0 saturated carbocycles. The van der Waals surface area contributed by atoms with E-state index >= 15 is 0 Å². The minimum Gasteiger partial charge on any atom is -0.477 e. The van der Waals surface area contributed by atoms with Crippen LogP contribution >= 0.6 is 0 Å². The summed E-state index contributed by atoms with van der Waals surface area (Å²) in [7, 11) is 1.07. The zero-order valence-corrected chi connectivity index (χ0v) is 7.98. The van der Waals surface area contributed by atoms with Crippen molar-refractivity contribution in [1.29, 1.82) is 0 Å². The van der Waals surface area contributed by atoms with Crippen LogP contribution in [0.2, 0.25) is 0 Å². The van der Waals surface area contributed by atoms with E-state index in [0.29, 0.717) is 0 Å². The molecule has 16 heavy (non-hydrogen) atoms. The van der Waals surface area contributed by atoms with Crippen molar-refractivity contribution in [3.8, 4) is 0 Å². The second-order valence-corrected chi connectivity index (χ2v) is 2.85. The van der Waals surface area contributed by atoms with Crippen molar-refractivity contribution >= 4 is 5.97 Å². The Morgan fingerprint density at radius 2 is 1.56 bits per heavy atom. The van der Waals surface area contributed by atoms with Crippen LogP contribution in [0.25, 0.3) is 0 Å². The first-order valence-electron chi connectivity index (χ1n) is 3.98. The molecule has 0 radical (unpaired) electrons. The normalized spacial score (nSPS) is 10.6. The van der Waals surface area contributed by atoms with Crippen LogP contribution in [0, 0.1) is 23.3 Å². The van der Waals surface area contributed by atoms with E-state index < -0.39 is 47.0 Å². The Bertz CT molecular complexity index is 416. The molecule has 0 aliphatic rings. The number of hydrogen-bond acceptors (Lipinski definition) is 2. The summed E-state index contributed by atoms with van der Waals surface area (Å²) in [5, 5.41) is 8.37. The summed E-state index contributed by atoms with van der Waals surface area (Å²) in [4.78, 5) is 10.4. The maximum absolute atomic E-state index is 13.1. The molecule has 0 atom stereocenters. The number of carboxylic acid groups (broad SMARTS) is 1. The van der Waals surface area contributed by atoms with Gasteiger partial charge in [0.25, 0.3) is 0 Å². The predicted octanol–water partition coefficient (Wildman–Crippen LogP) is 2.09.